The molecular weight excluding hydrogens is 226 g/mol. The average molecular weight is 245 g/mol. The lowest BCUT2D eigenvalue weighted by Crippen LogP contribution is -2.23. The Bertz CT molecular complexity index is 453. The summed E-state index contributed by atoms with van der Waals surface area (Å²) >= 11 is 0. The van der Waals surface area contributed by atoms with Crippen molar-refractivity contribution in [3.63, 3.8) is 0 Å². The van der Waals surface area contributed by atoms with E-state index < -0.39 is 0 Å². The van der Waals surface area contributed by atoms with Crippen molar-refractivity contribution in [2.75, 3.05) is 19.7 Å². The largest absolute Gasteiger partial charge is 0.492 e. The van der Waals surface area contributed by atoms with E-state index in [1.165, 1.54) is 5.56 Å². The maximum atomic E-state index is 5.58. The summed E-state index contributed by atoms with van der Waals surface area (Å²) in [6.45, 7) is 2.50. The lowest BCUT2D eigenvalue weighted by atomic mass is 10.2. The van der Waals surface area contributed by atoms with Crippen LogP contribution in [0.2, 0.25) is 0 Å². The number of ether oxygens (including phenoxy) is 1. The number of benzene rings is 1. The van der Waals surface area contributed by atoms with E-state index in [2.05, 4.69) is 10.4 Å². The Balaban J connectivity index is 1.54. The number of para-hydroxylation sites is 1. The van der Waals surface area contributed by atoms with Crippen LogP contribution in [0.15, 0.2) is 42.7 Å². The third-order valence-corrected chi connectivity index (χ3v) is 2.64. The number of hydrogen-bond acceptors (Lipinski definition) is 3. The summed E-state index contributed by atoms with van der Waals surface area (Å²) in [5.41, 5.74) is 1.26. The second-order valence-corrected chi connectivity index (χ2v) is 4.18. The van der Waals surface area contributed by atoms with E-state index >= 15 is 0 Å². The van der Waals surface area contributed by atoms with Crippen LogP contribution in [0.4, 0.5) is 0 Å². The summed E-state index contributed by atoms with van der Waals surface area (Å²) in [7, 11) is 1.94. The summed E-state index contributed by atoms with van der Waals surface area (Å²) in [6.07, 6.45) is 4.95. The van der Waals surface area contributed by atoms with Crippen LogP contribution in [0.5, 0.6) is 5.75 Å². The van der Waals surface area contributed by atoms with Gasteiger partial charge in [-0.2, -0.15) is 5.10 Å². The molecule has 1 aromatic carbocycles. The summed E-state index contributed by atoms with van der Waals surface area (Å²) in [5, 5.41) is 7.49. The summed E-state index contributed by atoms with van der Waals surface area (Å²) in [5.74, 6) is 0.923. The van der Waals surface area contributed by atoms with E-state index in [1.54, 1.807) is 0 Å². The van der Waals surface area contributed by atoms with Crippen molar-refractivity contribution < 1.29 is 4.74 Å². The van der Waals surface area contributed by atoms with Crippen LogP contribution >= 0.6 is 0 Å². The molecule has 0 aliphatic carbocycles. The minimum atomic E-state index is 0.692. The average Bonchev–Trinajstić information content (AvgIpc) is 2.81. The zero-order valence-corrected chi connectivity index (χ0v) is 10.7. The third-order valence-electron chi connectivity index (χ3n) is 2.64. The minimum Gasteiger partial charge on any atom is -0.492 e. The Morgan fingerprint density at radius 1 is 1.22 bits per heavy atom. The molecule has 4 heteroatoms. The van der Waals surface area contributed by atoms with Gasteiger partial charge in [-0.3, -0.25) is 4.68 Å². The highest BCUT2D eigenvalue weighted by Crippen LogP contribution is 2.07. The first-order valence-electron chi connectivity index (χ1n) is 6.21. The van der Waals surface area contributed by atoms with Gasteiger partial charge in [-0.05, 0) is 30.7 Å². The number of hydrogen-bond donors (Lipinski definition) is 1. The number of aromatic nitrogens is 2. The van der Waals surface area contributed by atoms with Gasteiger partial charge in [0.1, 0.15) is 12.4 Å². The molecule has 1 N–H and O–H groups in total. The van der Waals surface area contributed by atoms with Gasteiger partial charge in [0.2, 0.25) is 0 Å². The molecule has 1 heterocycles. The highest BCUT2D eigenvalue weighted by atomic mass is 16.5. The quantitative estimate of drug-likeness (QED) is 0.754. The fourth-order valence-electron chi connectivity index (χ4n) is 1.72. The van der Waals surface area contributed by atoms with Gasteiger partial charge in [0.15, 0.2) is 0 Å². The van der Waals surface area contributed by atoms with Crippen LogP contribution in [-0.4, -0.2) is 29.5 Å². The third kappa shape index (κ3) is 4.22. The molecule has 0 amide bonds. The molecule has 0 radical (unpaired) electrons. The summed E-state index contributed by atoms with van der Waals surface area (Å²) < 4.78 is 7.41. The Morgan fingerprint density at radius 3 is 2.78 bits per heavy atom. The van der Waals surface area contributed by atoms with Gasteiger partial charge >= 0.3 is 0 Å². The second-order valence-electron chi connectivity index (χ2n) is 4.18. The standard InChI is InChI=1S/C14H19N3O/c1-17-12-13(11-16-17)7-8-15-9-10-18-14-5-3-2-4-6-14/h2-6,11-12,15H,7-10H2,1H3. The van der Waals surface area contributed by atoms with Crippen molar-refractivity contribution >= 4 is 0 Å². The highest BCUT2D eigenvalue weighted by Gasteiger charge is 1.96. The van der Waals surface area contributed by atoms with Crippen LogP contribution in [-0.2, 0) is 13.5 Å². The van der Waals surface area contributed by atoms with Gasteiger partial charge < -0.3 is 10.1 Å². The molecule has 1 aromatic heterocycles. The normalized spacial score (nSPS) is 10.5. The number of aryl methyl sites for hydroxylation is 1. The Kier molecular flexibility index (Phi) is 4.78. The maximum absolute atomic E-state index is 5.58. The molecule has 0 spiro atoms. The second kappa shape index (κ2) is 6.81. The van der Waals surface area contributed by atoms with E-state index in [0.717, 1.165) is 25.3 Å². The maximum Gasteiger partial charge on any atom is 0.119 e. The van der Waals surface area contributed by atoms with Crippen LogP contribution < -0.4 is 10.1 Å². The lowest BCUT2D eigenvalue weighted by molar-refractivity contribution is 0.314. The van der Waals surface area contributed by atoms with Gasteiger partial charge in [0.25, 0.3) is 0 Å². The highest BCUT2D eigenvalue weighted by molar-refractivity contribution is 5.20. The predicted molar refractivity (Wildman–Crippen MR) is 71.7 cm³/mol. The predicted octanol–water partition coefficient (Wildman–Crippen LogP) is 1.63. The molecule has 0 saturated carbocycles. The molecule has 96 valence electrons. The van der Waals surface area contributed by atoms with Gasteiger partial charge in [-0.15, -0.1) is 0 Å². The van der Waals surface area contributed by atoms with Gasteiger partial charge in [0, 0.05) is 19.8 Å². The van der Waals surface area contributed by atoms with Crippen molar-refractivity contribution in [1.29, 1.82) is 0 Å². The van der Waals surface area contributed by atoms with E-state index in [4.69, 9.17) is 4.74 Å². The molecule has 0 bridgehead atoms. The monoisotopic (exact) mass is 245 g/mol. The molecule has 2 rings (SSSR count). The van der Waals surface area contributed by atoms with Crippen molar-refractivity contribution in [3.8, 4) is 5.75 Å². The van der Waals surface area contributed by atoms with Crippen LogP contribution in [0, 0.1) is 0 Å². The first-order valence-corrected chi connectivity index (χ1v) is 6.21. The van der Waals surface area contributed by atoms with Crippen molar-refractivity contribution in [1.82, 2.24) is 15.1 Å². The first kappa shape index (κ1) is 12.6. The SMILES string of the molecule is Cn1cc(CCNCCOc2ccccc2)cn1. The van der Waals surface area contributed by atoms with Crippen LogP contribution in [0.3, 0.4) is 0 Å². The van der Waals surface area contributed by atoms with Crippen molar-refractivity contribution in [2.45, 2.75) is 6.42 Å². The molecule has 18 heavy (non-hydrogen) atoms. The number of rotatable bonds is 7. The fourth-order valence-corrected chi connectivity index (χ4v) is 1.72. The molecule has 4 nitrogen and oxygen atoms in total. The van der Waals surface area contributed by atoms with E-state index in [0.29, 0.717) is 6.61 Å². The van der Waals surface area contributed by atoms with Crippen molar-refractivity contribution in [2.24, 2.45) is 7.05 Å². The number of nitrogens with one attached hydrogen (secondary N) is 1. The smallest absolute Gasteiger partial charge is 0.119 e. The zero-order chi connectivity index (χ0) is 12.6. The molecular formula is C14H19N3O. The molecule has 0 saturated heterocycles. The molecule has 0 aliphatic rings. The Hall–Kier alpha value is -1.81. The summed E-state index contributed by atoms with van der Waals surface area (Å²) in [4.78, 5) is 0. The van der Waals surface area contributed by atoms with Crippen LogP contribution in [0.1, 0.15) is 5.56 Å². The fraction of sp³-hybridized carbons (Fsp3) is 0.357. The summed E-state index contributed by atoms with van der Waals surface area (Å²) in [6, 6.07) is 9.88. The van der Waals surface area contributed by atoms with E-state index in [9.17, 15) is 0 Å². The molecule has 0 fully saturated rings. The zero-order valence-electron chi connectivity index (χ0n) is 10.7. The van der Waals surface area contributed by atoms with Crippen molar-refractivity contribution in [3.05, 3.63) is 48.3 Å². The minimum absolute atomic E-state index is 0.692. The van der Waals surface area contributed by atoms with E-state index in [-0.39, 0.29) is 0 Å². The number of nitrogens with zero attached hydrogens (tertiary/aromatic N) is 2. The van der Waals surface area contributed by atoms with Gasteiger partial charge in [0.05, 0.1) is 6.20 Å². The van der Waals surface area contributed by atoms with Gasteiger partial charge in [-0.1, -0.05) is 18.2 Å². The molecule has 0 atom stereocenters. The lowest BCUT2D eigenvalue weighted by Gasteiger charge is -2.06. The Labute approximate surface area is 108 Å². The van der Waals surface area contributed by atoms with Crippen LogP contribution in [0.25, 0.3) is 0 Å². The Morgan fingerprint density at radius 2 is 2.06 bits per heavy atom. The molecule has 0 unspecified atom stereocenters. The topological polar surface area (TPSA) is 39.1 Å². The molecule has 2 aromatic rings. The first-order chi connectivity index (χ1) is 8.84. The van der Waals surface area contributed by atoms with Gasteiger partial charge in [-0.25, -0.2) is 0 Å². The molecule has 0 aliphatic heterocycles. The van der Waals surface area contributed by atoms with E-state index in [1.807, 2.05) is 54.5 Å².